The Morgan fingerprint density at radius 1 is 0.275 bits per heavy atom. The predicted molar refractivity (Wildman–Crippen MR) is 568 cm³/mol. The van der Waals surface area contributed by atoms with Crippen LogP contribution in [0.1, 0.15) is 206 Å². The molecule has 3 aliphatic heterocycles. The summed E-state index contributed by atoms with van der Waals surface area (Å²) in [5.74, 6) is 2.66. The Balaban J connectivity index is 0.000000178. The number of benzene rings is 13. The van der Waals surface area contributed by atoms with Crippen molar-refractivity contribution in [1.82, 2.24) is 0 Å². The zero-order valence-corrected chi connectivity index (χ0v) is 90.1. The summed E-state index contributed by atoms with van der Waals surface area (Å²) < 4.78 is 0. The molecule has 13 aromatic rings. The van der Waals surface area contributed by atoms with Crippen molar-refractivity contribution in [3.63, 3.8) is 0 Å². The van der Waals surface area contributed by atoms with Crippen LogP contribution in [0, 0.1) is 44.6 Å². The van der Waals surface area contributed by atoms with Gasteiger partial charge in [0.05, 0.1) is 0 Å². The normalized spacial score (nSPS) is 18.4. The molecular weight excluding hydrogens is 1960 g/mol. The molecule has 0 bridgehead atoms. The molecule has 131 heavy (non-hydrogen) atoms. The van der Waals surface area contributed by atoms with Gasteiger partial charge in [-0.3, -0.25) is 0 Å². The molecule has 666 valence electrons. The van der Waals surface area contributed by atoms with Gasteiger partial charge >= 0.3 is 114 Å². The number of para-hydroxylation sites is 3. The zero-order valence-electron chi connectivity index (χ0n) is 78.2. The molecule has 6 aliphatic carbocycles. The fourth-order valence-electron chi connectivity index (χ4n) is 22.1. The van der Waals surface area contributed by atoms with E-state index in [9.17, 15) is 0 Å². The maximum atomic E-state index is 4.93. The molecule has 0 radical (unpaired) electrons. The first kappa shape index (κ1) is 104. The fourth-order valence-corrected chi connectivity index (χ4v) is 22.1. The van der Waals surface area contributed by atoms with E-state index in [4.69, 9.17) is 51.1 Å². The van der Waals surface area contributed by atoms with E-state index in [2.05, 4.69) is 392 Å². The molecule has 3 heterocycles. The van der Waals surface area contributed by atoms with Crippen LogP contribution in [0.5, 0.6) is 0 Å². The van der Waals surface area contributed by atoms with Gasteiger partial charge in [0.15, 0.2) is 0 Å². The minimum absolute atomic E-state index is 0. The van der Waals surface area contributed by atoms with Crippen molar-refractivity contribution in [1.29, 1.82) is 0 Å². The van der Waals surface area contributed by atoms with E-state index in [1.165, 1.54) is 214 Å². The third-order valence-electron chi connectivity index (χ3n) is 27.9. The van der Waals surface area contributed by atoms with Gasteiger partial charge in [0, 0.05) is 105 Å². The average Bonchev–Trinajstić information content (AvgIpc) is 1.61. The van der Waals surface area contributed by atoms with E-state index in [0.29, 0.717) is 47.6 Å². The van der Waals surface area contributed by atoms with Gasteiger partial charge < -0.3 is 59.3 Å². The van der Waals surface area contributed by atoms with Crippen LogP contribution in [0.15, 0.2) is 319 Å². The second-order valence-electron chi connectivity index (χ2n) is 34.9. The Morgan fingerprint density at radius 2 is 0.573 bits per heavy atom. The van der Waals surface area contributed by atoms with Crippen LogP contribution < -0.4 is 14.7 Å². The molecule has 0 aromatic heterocycles. The summed E-state index contributed by atoms with van der Waals surface area (Å²) in [7, 11) is 29.6. The first-order valence-corrected chi connectivity index (χ1v) is 63.0. The van der Waals surface area contributed by atoms with Gasteiger partial charge in [-0.25, -0.2) is 0 Å². The Hall–Kier alpha value is -7.65. The molecule has 9 aliphatic rings. The molecule has 22 rings (SSSR count). The molecule has 3 nitrogen and oxygen atoms in total. The van der Waals surface area contributed by atoms with E-state index < -0.39 is 62.5 Å². The number of hydrogen-bond donors (Lipinski definition) is 0. The number of anilines is 6. The summed E-state index contributed by atoms with van der Waals surface area (Å²) in [4.78, 5) is 7.74. The van der Waals surface area contributed by atoms with Crippen LogP contribution in [-0.2, 0) is 81.8 Å². The van der Waals surface area contributed by atoms with Crippen molar-refractivity contribution in [2.45, 2.75) is 154 Å². The summed E-state index contributed by atoms with van der Waals surface area (Å²) in [6, 6.07) is 107. The molecule has 0 N–H and O–H groups in total. The summed E-state index contributed by atoms with van der Waals surface area (Å²) >= 11 is -2.48. The van der Waals surface area contributed by atoms with Crippen molar-refractivity contribution in [3.05, 3.63) is 447 Å². The van der Waals surface area contributed by atoms with Crippen LogP contribution in [0.25, 0.3) is 80.6 Å². The van der Waals surface area contributed by atoms with Gasteiger partial charge in [0.25, 0.3) is 0 Å². The monoisotopic (exact) mass is 2070 g/mol. The van der Waals surface area contributed by atoms with Gasteiger partial charge in [-0.2, -0.15) is 0 Å². The number of rotatable bonds is 12. The topological polar surface area (TPSA) is 9.72 Å². The Morgan fingerprint density at radius 3 is 1.02 bits per heavy atom. The van der Waals surface area contributed by atoms with Crippen molar-refractivity contribution in [2.75, 3.05) is 21.2 Å². The third kappa shape index (κ3) is 21.2. The third-order valence-corrected chi connectivity index (χ3v) is 27.9. The van der Waals surface area contributed by atoms with Gasteiger partial charge in [-0.05, 0) is 254 Å². The molecule has 8 unspecified atom stereocenters. The molecule has 0 fully saturated rings. The van der Waals surface area contributed by atoms with Gasteiger partial charge in [-0.15, -0.1) is 0 Å². The van der Waals surface area contributed by atoms with Crippen molar-refractivity contribution >= 4 is 132 Å². The first-order chi connectivity index (χ1) is 61.1. The van der Waals surface area contributed by atoms with Crippen LogP contribution in [0.4, 0.5) is 34.1 Å². The summed E-state index contributed by atoms with van der Waals surface area (Å²) in [5, 5.41) is 2.63. The number of aryl methyl sites for hydroxylation is 2. The van der Waals surface area contributed by atoms with E-state index in [-0.39, 0.29) is 44.6 Å². The molecule has 13 aromatic carbocycles. The van der Waals surface area contributed by atoms with Crippen molar-refractivity contribution in [2.24, 2.45) is 0 Å². The van der Waals surface area contributed by atoms with Crippen LogP contribution in [0.2, 0.25) is 0 Å². The summed E-state index contributed by atoms with van der Waals surface area (Å²) in [6.45, 7) is 19.9. The van der Waals surface area contributed by atoms with Crippen LogP contribution >= 0.6 is 51.1 Å². The number of halogens is 6. The molecule has 8 atom stereocenters. The number of nitrogens with zero attached hydrogens (tertiary/aromatic N) is 3. The predicted octanol–water partition coefficient (Wildman–Crippen LogP) is 37.0. The van der Waals surface area contributed by atoms with Gasteiger partial charge in [-0.1, -0.05) is 319 Å². The second-order valence-corrected chi connectivity index (χ2v) is 46.1. The second kappa shape index (κ2) is 47.2. The number of fused-ring (bicyclic) bond motifs is 10. The number of allylic oxidation sites excluding steroid dienone is 6. The molecule has 0 saturated heterocycles. The van der Waals surface area contributed by atoms with Crippen LogP contribution in [0.3, 0.4) is 0 Å². The van der Waals surface area contributed by atoms with Crippen LogP contribution in [-0.4, -0.2) is 18.6 Å². The SMILES string of the molecule is CC1=Cc2c(-c3cccc4ccccc34)cccc2C1CC1C(C)=Cc2c1cccc2N1CCCc2ccccc21.CC1=Cc2c(-c3ccccc3)cccc2C1CC1C(C)=Cc2c1cccc2N1c2ccccc2CC1C.CC1=Cc2c(-c3ccccc3)cccc2C1CC1C(C)=Cc2c1cccc2N1c2ccccc2CCC1C.[CH3-].[CH3-].[CH3-].[CH3-].[CH3-].[CH3-].[Cl][Zr+2][Cl].[Cl][Zr+2][Cl].[Cl][Zr+2][Cl]. The molecular formula is C119H121Cl6N3Zr3. The minimum atomic E-state index is -0.826. The van der Waals surface area contributed by atoms with E-state index >= 15 is 0 Å². The van der Waals surface area contributed by atoms with Crippen molar-refractivity contribution < 1.29 is 62.5 Å². The average molecular weight is 2080 g/mol. The molecule has 12 heteroatoms. The quantitative estimate of drug-likeness (QED) is 0.113. The van der Waals surface area contributed by atoms with E-state index in [1.807, 2.05) is 0 Å². The van der Waals surface area contributed by atoms with Gasteiger partial charge in [0.2, 0.25) is 0 Å². The first-order valence-electron chi connectivity index (χ1n) is 44.1. The molecule has 0 amide bonds. The molecule has 0 saturated carbocycles. The van der Waals surface area contributed by atoms with Crippen molar-refractivity contribution in [3.8, 4) is 33.4 Å². The summed E-state index contributed by atoms with van der Waals surface area (Å²) in [6.07, 6.45) is 24.0. The van der Waals surface area contributed by atoms with E-state index in [0.717, 1.165) is 38.6 Å². The standard InChI is InChI=1S/C40H35N.C37H35N.C36H33N.6CH3.6ClH.3Zr/c1-26-23-37-32(31-16-7-13-28-11-3-5-15-30(28)31)17-8-18-33(37)35(26)25-36-27(2)24-38-34(36)19-9-21-40(38)41-22-10-14-29-12-4-6-20-39(29)41;1-24-21-34-29(27-11-5-4-6-12-27)14-9-15-30(34)32(24)23-33-25(2)22-35-31(33)16-10-18-37(35)38-26(3)19-20-28-13-7-8-17-36(28)38;1-23-19-33-28(26-11-5-4-6-12-26)14-9-15-29(33)31(23)22-32-24(2)20-34-30(32)16-10-18-36(34)37-25(3)21-27-13-7-8-17-35(27)37;;;;;;;;;;;;;;;/h3-9,11-13,15-21,23-24,35-36H,10,14,22,25H2,1-2H3;4-18,21-22,26,32-33H,19-20,23H2,1-3H3;4-20,25,31-32H,21-22H2,1-3H3;6*1H3;6*1H;;;/q;;;6*-1;;;;;;;3*+4/p-6. The van der Waals surface area contributed by atoms with Gasteiger partial charge in [0.1, 0.15) is 0 Å². The Bertz CT molecular complexity index is 6350. The number of hydrogen-bond acceptors (Lipinski definition) is 3. The summed E-state index contributed by atoms with van der Waals surface area (Å²) in [5.41, 5.74) is 47.0. The fraction of sp³-hybridized carbons (Fsp3) is 0.210. The molecule has 0 spiro atoms. The maximum absolute atomic E-state index is 4.93. The zero-order chi connectivity index (χ0) is 86.5. The Labute approximate surface area is 841 Å². The van der Waals surface area contributed by atoms with E-state index in [1.54, 1.807) is 0 Å². The Kier molecular flexibility index (Phi) is 37.4.